The molecular weight excluding hydrogens is 414 g/mol. The number of aliphatic hydroxyl groups is 1. The van der Waals surface area contributed by atoms with Crippen LogP contribution in [-0.2, 0) is 0 Å². The molecule has 1 aromatic heterocycles. The average Bonchev–Trinajstić information content (AvgIpc) is 2.71. The lowest BCUT2D eigenvalue weighted by molar-refractivity contribution is -0.265. The van der Waals surface area contributed by atoms with E-state index < -0.39 is 35.8 Å². The molecule has 4 rings (SSSR count). The SMILES string of the molecule is C/C=C1/C[C@](O)(C(F)(F)F)[C@H](Nc2cccc3nc(C)ncc23)c2ccc(O)c(F)c21. The Kier molecular flexibility index (Phi) is 4.88. The van der Waals surface area contributed by atoms with Crippen molar-refractivity contribution in [2.24, 2.45) is 0 Å². The zero-order valence-electron chi connectivity index (χ0n) is 16.6. The number of hydrogen-bond donors (Lipinski definition) is 3. The monoisotopic (exact) mass is 433 g/mol. The minimum absolute atomic E-state index is 0.0434. The molecule has 0 saturated heterocycles. The molecule has 2 atom stereocenters. The molecule has 162 valence electrons. The van der Waals surface area contributed by atoms with Gasteiger partial charge in [-0.1, -0.05) is 18.2 Å². The lowest BCUT2D eigenvalue weighted by Gasteiger charge is -2.44. The van der Waals surface area contributed by atoms with Crippen LogP contribution in [0.2, 0.25) is 0 Å². The number of aryl methyl sites for hydroxylation is 1. The quantitative estimate of drug-likeness (QED) is 0.494. The molecule has 0 saturated carbocycles. The number of allylic oxidation sites excluding steroid dienone is 1. The summed E-state index contributed by atoms with van der Waals surface area (Å²) in [5.74, 6) is -1.21. The molecule has 5 nitrogen and oxygen atoms in total. The number of alkyl halides is 3. The molecule has 1 aliphatic rings. The number of aromatic hydroxyl groups is 1. The lowest BCUT2D eigenvalue weighted by atomic mass is 9.72. The Morgan fingerprint density at radius 3 is 2.65 bits per heavy atom. The zero-order chi connectivity index (χ0) is 22.6. The molecule has 0 fully saturated rings. The summed E-state index contributed by atoms with van der Waals surface area (Å²) < 4.78 is 57.2. The van der Waals surface area contributed by atoms with Crippen molar-refractivity contribution in [2.75, 3.05) is 5.32 Å². The molecule has 0 amide bonds. The lowest BCUT2D eigenvalue weighted by Crippen LogP contribution is -2.54. The molecule has 1 aliphatic carbocycles. The number of aromatic nitrogens is 2. The van der Waals surface area contributed by atoms with Gasteiger partial charge in [-0.2, -0.15) is 13.2 Å². The normalized spacial score (nSPS) is 22.5. The van der Waals surface area contributed by atoms with E-state index in [1.165, 1.54) is 25.3 Å². The fourth-order valence-electron chi connectivity index (χ4n) is 4.02. The van der Waals surface area contributed by atoms with Gasteiger partial charge in [0, 0.05) is 29.3 Å². The first-order chi connectivity index (χ1) is 14.6. The third-order valence-electron chi connectivity index (χ3n) is 5.61. The Bertz CT molecular complexity index is 1210. The molecule has 0 aliphatic heterocycles. The summed E-state index contributed by atoms with van der Waals surface area (Å²) in [6.07, 6.45) is -3.12. The highest BCUT2D eigenvalue weighted by Crippen LogP contribution is 2.53. The summed E-state index contributed by atoms with van der Waals surface area (Å²) in [4.78, 5) is 8.38. The van der Waals surface area contributed by atoms with Crippen LogP contribution in [0.5, 0.6) is 5.75 Å². The summed E-state index contributed by atoms with van der Waals surface area (Å²) in [6, 6.07) is 5.27. The molecule has 3 N–H and O–H groups in total. The van der Waals surface area contributed by atoms with Crippen molar-refractivity contribution >= 4 is 22.2 Å². The number of hydrogen-bond acceptors (Lipinski definition) is 5. The zero-order valence-corrected chi connectivity index (χ0v) is 16.6. The Labute approximate surface area is 175 Å². The van der Waals surface area contributed by atoms with Crippen LogP contribution in [0.4, 0.5) is 23.2 Å². The van der Waals surface area contributed by atoms with Crippen LogP contribution in [0.25, 0.3) is 16.5 Å². The van der Waals surface area contributed by atoms with Crippen LogP contribution in [0.15, 0.2) is 42.6 Å². The van der Waals surface area contributed by atoms with E-state index in [-0.39, 0.29) is 22.4 Å². The third-order valence-corrected chi connectivity index (χ3v) is 5.61. The van der Waals surface area contributed by atoms with Gasteiger partial charge in [0.15, 0.2) is 17.2 Å². The number of fused-ring (bicyclic) bond motifs is 2. The smallest absolute Gasteiger partial charge is 0.419 e. The van der Waals surface area contributed by atoms with E-state index in [2.05, 4.69) is 15.3 Å². The van der Waals surface area contributed by atoms with Gasteiger partial charge in [0.25, 0.3) is 0 Å². The largest absolute Gasteiger partial charge is 0.505 e. The minimum atomic E-state index is -5.03. The van der Waals surface area contributed by atoms with E-state index in [0.29, 0.717) is 16.7 Å². The standard InChI is InChI=1S/C22H19F4N3O2/c1-3-12-9-21(31,22(24,25)26)20(13-7-8-17(30)19(23)18(12)13)29-16-6-4-5-15-14(16)10-27-11(2)28-15/h3-8,10,20,29-31H,9H2,1-2H3/b12-3-/t20-,21-/m1/s1. The van der Waals surface area contributed by atoms with Crippen LogP contribution in [0, 0.1) is 12.7 Å². The maximum absolute atomic E-state index is 14.8. The Morgan fingerprint density at radius 1 is 1.23 bits per heavy atom. The van der Waals surface area contributed by atoms with E-state index in [1.807, 2.05) is 0 Å². The second kappa shape index (κ2) is 7.19. The van der Waals surface area contributed by atoms with Crippen molar-refractivity contribution in [3.63, 3.8) is 0 Å². The van der Waals surface area contributed by atoms with Gasteiger partial charge in [-0.05, 0) is 43.2 Å². The number of halogens is 4. The Hall–Kier alpha value is -3.20. The molecule has 3 aromatic rings. The van der Waals surface area contributed by atoms with E-state index in [1.54, 1.807) is 25.1 Å². The molecule has 0 bridgehead atoms. The van der Waals surface area contributed by atoms with Crippen molar-refractivity contribution in [3.8, 4) is 5.75 Å². The van der Waals surface area contributed by atoms with Crippen molar-refractivity contribution in [3.05, 3.63) is 65.4 Å². The van der Waals surface area contributed by atoms with Gasteiger partial charge in [0.1, 0.15) is 5.82 Å². The van der Waals surface area contributed by atoms with Gasteiger partial charge in [-0.3, -0.25) is 0 Å². The number of phenols is 1. The number of rotatable bonds is 2. The van der Waals surface area contributed by atoms with Crippen LogP contribution >= 0.6 is 0 Å². The topological polar surface area (TPSA) is 78.3 Å². The van der Waals surface area contributed by atoms with Gasteiger partial charge < -0.3 is 15.5 Å². The first-order valence-corrected chi connectivity index (χ1v) is 9.51. The molecule has 2 aromatic carbocycles. The second-order valence-electron chi connectivity index (χ2n) is 7.51. The van der Waals surface area contributed by atoms with Crippen LogP contribution in [-0.4, -0.2) is 32.0 Å². The molecule has 0 unspecified atom stereocenters. The van der Waals surface area contributed by atoms with E-state index in [4.69, 9.17) is 0 Å². The highest BCUT2D eigenvalue weighted by atomic mass is 19.4. The highest BCUT2D eigenvalue weighted by molar-refractivity contribution is 5.91. The predicted molar refractivity (Wildman–Crippen MR) is 108 cm³/mol. The van der Waals surface area contributed by atoms with Crippen LogP contribution in [0.1, 0.15) is 36.3 Å². The van der Waals surface area contributed by atoms with Gasteiger partial charge in [-0.25, -0.2) is 14.4 Å². The van der Waals surface area contributed by atoms with Gasteiger partial charge in [0.05, 0.1) is 11.6 Å². The number of phenolic OH excluding ortho intramolecular Hbond substituents is 1. The van der Waals surface area contributed by atoms with Crippen molar-refractivity contribution < 1.29 is 27.8 Å². The Morgan fingerprint density at radius 2 is 1.97 bits per heavy atom. The van der Waals surface area contributed by atoms with Gasteiger partial charge >= 0.3 is 6.18 Å². The van der Waals surface area contributed by atoms with Crippen molar-refractivity contribution in [1.29, 1.82) is 0 Å². The number of nitrogens with zero attached hydrogens (tertiary/aromatic N) is 2. The fraction of sp³-hybridized carbons (Fsp3) is 0.273. The number of benzene rings is 2. The molecular formula is C22H19F4N3O2. The summed E-state index contributed by atoms with van der Waals surface area (Å²) in [7, 11) is 0. The molecule has 9 heteroatoms. The summed E-state index contributed by atoms with van der Waals surface area (Å²) in [5, 5.41) is 23.9. The summed E-state index contributed by atoms with van der Waals surface area (Å²) in [5.41, 5.74) is -2.76. The Balaban J connectivity index is 1.95. The number of anilines is 1. The fourth-order valence-corrected chi connectivity index (χ4v) is 4.02. The van der Waals surface area contributed by atoms with Crippen LogP contribution < -0.4 is 5.32 Å². The molecule has 0 spiro atoms. The van der Waals surface area contributed by atoms with E-state index >= 15 is 0 Å². The summed E-state index contributed by atoms with van der Waals surface area (Å²) in [6.45, 7) is 3.14. The molecule has 0 radical (unpaired) electrons. The molecule has 31 heavy (non-hydrogen) atoms. The predicted octanol–water partition coefficient (Wildman–Crippen LogP) is 5.04. The minimum Gasteiger partial charge on any atom is -0.505 e. The first-order valence-electron chi connectivity index (χ1n) is 9.51. The van der Waals surface area contributed by atoms with Gasteiger partial charge in [-0.15, -0.1) is 0 Å². The first kappa shape index (κ1) is 21.0. The third kappa shape index (κ3) is 3.29. The maximum atomic E-state index is 14.8. The van der Waals surface area contributed by atoms with Crippen molar-refractivity contribution in [1.82, 2.24) is 9.97 Å². The van der Waals surface area contributed by atoms with Crippen LogP contribution in [0.3, 0.4) is 0 Å². The maximum Gasteiger partial charge on any atom is 0.419 e. The highest BCUT2D eigenvalue weighted by Gasteiger charge is 2.61. The average molecular weight is 433 g/mol. The molecule has 1 heterocycles. The summed E-state index contributed by atoms with van der Waals surface area (Å²) >= 11 is 0. The second-order valence-corrected chi connectivity index (χ2v) is 7.51. The number of nitrogens with one attached hydrogen (secondary N) is 1. The van der Waals surface area contributed by atoms with Crippen molar-refractivity contribution in [2.45, 2.75) is 38.1 Å². The van der Waals surface area contributed by atoms with E-state index in [0.717, 1.165) is 6.07 Å². The van der Waals surface area contributed by atoms with E-state index in [9.17, 15) is 27.8 Å². The van der Waals surface area contributed by atoms with Gasteiger partial charge in [0.2, 0.25) is 0 Å².